The van der Waals surface area contributed by atoms with Gasteiger partial charge in [0.2, 0.25) is 0 Å². The number of nitrogens with zero attached hydrogens (tertiary/aromatic N) is 1. The zero-order valence-corrected chi connectivity index (χ0v) is 11.2. The molecule has 0 saturated heterocycles. The molecule has 0 aliphatic rings. The van der Waals surface area contributed by atoms with E-state index in [1.165, 1.54) is 22.5 Å². The molecule has 0 unspecified atom stereocenters. The Morgan fingerprint density at radius 1 is 1.39 bits per heavy atom. The highest BCUT2D eigenvalue weighted by molar-refractivity contribution is 7.13. The number of ether oxygens (including phenoxy) is 1. The van der Waals surface area contributed by atoms with E-state index < -0.39 is 0 Å². The Hall–Kier alpha value is -1.88. The highest BCUT2D eigenvalue weighted by Crippen LogP contribution is 2.19. The summed E-state index contributed by atoms with van der Waals surface area (Å²) in [6, 6.07) is 5.99. The minimum absolute atomic E-state index is 0.0462. The van der Waals surface area contributed by atoms with E-state index in [4.69, 9.17) is 15.9 Å². The van der Waals surface area contributed by atoms with Gasteiger partial charge in [-0.1, -0.05) is 6.07 Å². The molecule has 0 aliphatic carbocycles. The molecule has 1 aromatic carbocycles. The van der Waals surface area contributed by atoms with Crippen LogP contribution in [0.2, 0.25) is 0 Å². The molecule has 4 nitrogen and oxygen atoms in total. The van der Waals surface area contributed by atoms with Crippen LogP contribution >= 0.6 is 11.3 Å². The van der Waals surface area contributed by atoms with Gasteiger partial charge in [-0.15, -0.1) is 11.3 Å². The van der Waals surface area contributed by atoms with Crippen LogP contribution in [0.3, 0.4) is 0 Å². The number of aryl methyl sites for hydroxylation is 2. The van der Waals surface area contributed by atoms with Gasteiger partial charge in [-0.25, -0.2) is 4.98 Å². The Balaban J connectivity index is 2.02. The summed E-state index contributed by atoms with van der Waals surface area (Å²) in [5, 5.41) is 8.12. The number of benzene rings is 1. The van der Waals surface area contributed by atoms with E-state index in [0.29, 0.717) is 11.5 Å². The number of aromatic nitrogens is 1. The zero-order valence-electron chi connectivity index (χ0n) is 10.4. The number of amidine groups is 1. The van der Waals surface area contributed by atoms with E-state index in [1.807, 2.05) is 18.2 Å². The van der Waals surface area contributed by atoms with Crippen molar-refractivity contribution in [2.75, 3.05) is 0 Å². The smallest absolute Gasteiger partial charge is 0.140 e. The van der Waals surface area contributed by atoms with E-state index >= 15 is 0 Å². The monoisotopic (exact) mass is 261 g/mol. The molecule has 0 atom stereocenters. The summed E-state index contributed by atoms with van der Waals surface area (Å²) in [6.45, 7) is 4.53. The van der Waals surface area contributed by atoms with E-state index in [9.17, 15) is 0 Å². The normalized spacial score (nSPS) is 10.3. The molecule has 1 aromatic heterocycles. The van der Waals surface area contributed by atoms with Crippen molar-refractivity contribution in [2.45, 2.75) is 20.5 Å². The topological polar surface area (TPSA) is 72.0 Å². The molecule has 0 radical (unpaired) electrons. The number of nitrogens with one attached hydrogen (secondary N) is 1. The SMILES string of the molecule is Cc1ccc(OCc2ncc(C(=N)N)s2)cc1C. The van der Waals surface area contributed by atoms with E-state index in [0.717, 1.165) is 10.8 Å². The van der Waals surface area contributed by atoms with Crippen molar-refractivity contribution < 1.29 is 4.74 Å². The lowest BCUT2D eigenvalue weighted by Gasteiger charge is -2.06. The fraction of sp³-hybridized carbons (Fsp3) is 0.231. The number of rotatable bonds is 4. The lowest BCUT2D eigenvalue weighted by atomic mass is 10.1. The third-order valence-corrected chi connectivity index (χ3v) is 3.66. The second kappa shape index (κ2) is 5.18. The van der Waals surface area contributed by atoms with Crippen LogP contribution in [0.5, 0.6) is 5.75 Å². The molecule has 0 aliphatic heterocycles. The van der Waals surface area contributed by atoms with Gasteiger partial charge in [-0.2, -0.15) is 0 Å². The van der Waals surface area contributed by atoms with Crippen molar-refractivity contribution in [2.24, 2.45) is 5.73 Å². The van der Waals surface area contributed by atoms with Gasteiger partial charge >= 0.3 is 0 Å². The summed E-state index contributed by atoms with van der Waals surface area (Å²) < 4.78 is 5.66. The quantitative estimate of drug-likeness (QED) is 0.656. The second-order valence-corrected chi connectivity index (χ2v) is 5.18. The summed E-state index contributed by atoms with van der Waals surface area (Å²) in [6.07, 6.45) is 1.60. The maximum absolute atomic E-state index is 7.30. The van der Waals surface area contributed by atoms with Crippen LogP contribution in [0.1, 0.15) is 21.0 Å². The first-order valence-electron chi connectivity index (χ1n) is 5.55. The molecule has 94 valence electrons. The Bertz CT molecular complexity index is 577. The van der Waals surface area contributed by atoms with Gasteiger partial charge in [0, 0.05) is 6.20 Å². The Morgan fingerprint density at radius 2 is 2.17 bits per heavy atom. The summed E-state index contributed by atoms with van der Waals surface area (Å²) in [5.74, 6) is 0.877. The first-order valence-corrected chi connectivity index (χ1v) is 6.37. The van der Waals surface area contributed by atoms with Crippen molar-refractivity contribution >= 4 is 17.2 Å². The van der Waals surface area contributed by atoms with Crippen LogP contribution in [0.15, 0.2) is 24.4 Å². The minimum Gasteiger partial charge on any atom is -0.486 e. The first-order chi connectivity index (χ1) is 8.56. The highest BCUT2D eigenvalue weighted by atomic mass is 32.1. The van der Waals surface area contributed by atoms with Gasteiger partial charge < -0.3 is 10.5 Å². The molecule has 0 amide bonds. The number of nitrogens with two attached hydrogens (primary N) is 1. The number of hydrogen-bond donors (Lipinski definition) is 2. The van der Waals surface area contributed by atoms with Crippen molar-refractivity contribution in [3.8, 4) is 5.75 Å². The molecule has 0 bridgehead atoms. The van der Waals surface area contributed by atoms with Gasteiger partial charge in [0.25, 0.3) is 0 Å². The van der Waals surface area contributed by atoms with Gasteiger partial charge in [0.15, 0.2) is 0 Å². The molecular formula is C13H15N3OS. The summed E-state index contributed by atoms with van der Waals surface area (Å²) in [7, 11) is 0. The van der Waals surface area contributed by atoms with Crippen LogP contribution in [-0.2, 0) is 6.61 Å². The molecule has 1 heterocycles. The number of nitrogen functional groups attached to an aromatic ring is 1. The fourth-order valence-corrected chi connectivity index (χ4v) is 2.14. The average molecular weight is 261 g/mol. The van der Waals surface area contributed by atoms with Gasteiger partial charge in [0.1, 0.15) is 23.2 Å². The summed E-state index contributed by atoms with van der Waals surface area (Å²) in [5.41, 5.74) is 7.83. The first kappa shape index (κ1) is 12.6. The molecule has 0 saturated carbocycles. The predicted octanol–water partition coefficient (Wildman–Crippen LogP) is 2.62. The van der Waals surface area contributed by atoms with Gasteiger partial charge in [-0.3, -0.25) is 5.41 Å². The third kappa shape index (κ3) is 2.87. The van der Waals surface area contributed by atoms with E-state index in [-0.39, 0.29) is 5.84 Å². The standard InChI is InChI=1S/C13H15N3OS/c1-8-3-4-10(5-9(8)2)17-7-12-16-6-11(18-12)13(14)15/h3-6H,7H2,1-2H3,(H3,14,15). The van der Waals surface area contributed by atoms with Crippen molar-refractivity contribution in [3.63, 3.8) is 0 Å². The van der Waals surface area contributed by atoms with Crippen molar-refractivity contribution in [1.29, 1.82) is 5.41 Å². The Morgan fingerprint density at radius 3 is 2.78 bits per heavy atom. The molecule has 5 heteroatoms. The van der Waals surface area contributed by atoms with Crippen LogP contribution in [0, 0.1) is 19.3 Å². The van der Waals surface area contributed by atoms with Crippen molar-refractivity contribution in [3.05, 3.63) is 45.4 Å². The maximum atomic E-state index is 7.30. The fourth-order valence-electron chi connectivity index (χ4n) is 1.45. The van der Waals surface area contributed by atoms with Crippen LogP contribution < -0.4 is 10.5 Å². The zero-order chi connectivity index (χ0) is 13.1. The van der Waals surface area contributed by atoms with Crippen LogP contribution in [0.25, 0.3) is 0 Å². The summed E-state index contributed by atoms with van der Waals surface area (Å²) >= 11 is 1.38. The lowest BCUT2D eigenvalue weighted by Crippen LogP contribution is -2.08. The Kier molecular flexibility index (Phi) is 3.62. The van der Waals surface area contributed by atoms with Crippen LogP contribution in [-0.4, -0.2) is 10.8 Å². The van der Waals surface area contributed by atoms with Gasteiger partial charge in [0.05, 0.1) is 4.88 Å². The van der Waals surface area contributed by atoms with E-state index in [2.05, 4.69) is 18.8 Å². The lowest BCUT2D eigenvalue weighted by molar-refractivity contribution is 0.305. The van der Waals surface area contributed by atoms with Gasteiger partial charge in [-0.05, 0) is 37.1 Å². The minimum atomic E-state index is 0.0462. The third-order valence-electron chi connectivity index (χ3n) is 2.66. The molecule has 0 fully saturated rings. The van der Waals surface area contributed by atoms with E-state index in [1.54, 1.807) is 6.20 Å². The maximum Gasteiger partial charge on any atom is 0.140 e. The largest absolute Gasteiger partial charge is 0.486 e. The predicted molar refractivity (Wildman–Crippen MR) is 73.4 cm³/mol. The number of thiazole rings is 1. The molecule has 0 spiro atoms. The summed E-state index contributed by atoms with van der Waals surface area (Å²) in [4.78, 5) is 4.84. The van der Waals surface area contributed by atoms with Crippen LogP contribution in [0.4, 0.5) is 0 Å². The molecular weight excluding hydrogens is 246 g/mol. The molecule has 18 heavy (non-hydrogen) atoms. The molecule has 2 aromatic rings. The second-order valence-electron chi connectivity index (χ2n) is 4.07. The Labute approximate surface area is 110 Å². The molecule has 3 N–H and O–H groups in total. The number of hydrogen-bond acceptors (Lipinski definition) is 4. The highest BCUT2D eigenvalue weighted by Gasteiger charge is 2.05. The van der Waals surface area contributed by atoms with Crippen molar-refractivity contribution in [1.82, 2.24) is 4.98 Å². The average Bonchev–Trinajstić information content (AvgIpc) is 2.79. The molecule has 2 rings (SSSR count).